The van der Waals surface area contributed by atoms with Crippen molar-refractivity contribution in [1.82, 2.24) is 14.9 Å². The van der Waals surface area contributed by atoms with Gasteiger partial charge in [-0.2, -0.15) is 0 Å². The zero-order valence-electron chi connectivity index (χ0n) is 15.0. The fourth-order valence-electron chi connectivity index (χ4n) is 3.31. The zero-order chi connectivity index (χ0) is 18.5. The molecule has 27 heavy (non-hydrogen) atoms. The summed E-state index contributed by atoms with van der Waals surface area (Å²) in [7, 11) is 0. The number of carbonyl (C=O) groups is 1. The van der Waals surface area contributed by atoms with Gasteiger partial charge in [-0.1, -0.05) is 42.5 Å². The lowest BCUT2D eigenvalue weighted by molar-refractivity contribution is 0.0587. The van der Waals surface area contributed by atoms with E-state index in [9.17, 15) is 4.79 Å². The van der Waals surface area contributed by atoms with E-state index in [1.54, 1.807) is 12.3 Å². The Morgan fingerprint density at radius 3 is 2.30 bits per heavy atom. The van der Waals surface area contributed by atoms with Gasteiger partial charge in [0, 0.05) is 43.8 Å². The number of carbonyl (C=O) groups excluding carboxylic acids is 1. The minimum atomic E-state index is 0.0788. The zero-order valence-corrected chi connectivity index (χ0v) is 15.0. The number of rotatable bonds is 4. The van der Waals surface area contributed by atoms with Crippen LogP contribution in [0.25, 0.3) is 11.1 Å². The summed E-state index contributed by atoms with van der Waals surface area (Å²) < 4.78 is 5.86. The van der Waals surface area contributed by atoms with Gasteiger partial charge in [0.25, 0.3) is 5.91 Å². The van der Waals surface area contributed by atoms with Crippen molar-refractivity contribution in [2.24, 2.45) is 0 Å². The lowest BCUT2D eigenvalue weighted by atomic mass is 10.0. The Kier molecular flexibility index (Phi) is 5.10. The van der Waals surface area contributed by atoms with Crippen molar-refractivity contribution in [2.75, 3.05) is 13.1 Å². The Balaban J connectivity index is 1.35. The lowest BCUT2D eigenvalue weighted by Crippen LogP contribution is -2.41. The van der Waals surface area contributed by atoms with E-state index in [0.717, 1.165) is 29.5 Å². The third-order valence-corrected chi connectivity index (χ3v) is 4.81. The van der Waals surface area contributed by atoms with Gasteiger partial charge in [-0.3, -0.25) is 4.79 Å². The van der Waals surface area contributed by atoms with Crippen LogP contribution in [0.1, 0.15) is 23.2 Å². The van der Waals surface area contributed by atoms with Crippen LogP contribution < -0.4 is 4.74 Å². The summed E-state index contributed by atoms with van der Waals surface area (Å²) in [6.45, 7) is 1.38. The predicted octanol–water partition coefficient (Wildman–Crippen LogP) is 3.83. The molecule has 1 fully saturated rings. The van der Waals surface area contributed by atoms with Crippen molar-refractivity contribution >= 4 is 5.91 Å². The van der Waals surface area contributed by atoms with Crippen molar-refractivity contribution in [3.63, 3.8) is 0 Å². The number of nitrogens with zero attached hydrogens (tertiary/aromatic N) is 3. The van der Waals surface area contributed by atoms with Crippen LogP contribution in [0, 0.1) is 0 Å². The normalized spacial score (nSPS) is 14.7. The second-order valence-corrected chi connectivity index (χ2v) is 6.60. The van der Waals surface area contributed by atoms with Gasteiger partial charge in [0.2, 0.25) is 5.88 Å². The van der Waals surface area contributed by atoms with E-state index in [-0.39, 0.29) is 12.0 Å². The first-order valence-electron chi connectivity index (χ1n) is 9.17. The van der Waals surface area contributed by atoms with Gasteiger partial charge in [0.05, 0.1) is 0 Å². The molecule has 1 aliphatic heterocycles. The lowest BCUT2D eigenvalue weighted by Gasteiger charge is -2.32. The summed E-state index contributed by atoms with van der Waals surface area (Å²) in [6.07, 6.45) is 4.84. The molecule has 1 amide bonds. The largest absolute Gasteiger partial charge is 0.474 e. The monoisotopic (exact) mass is 359 g/mol. The molecule has 5 nitrogen and oxygen atoms in total. The summed E-state index contributed by atoms with van der Waals surface area (Å²) >= 11 is 0. The predicted molar refractivity (Wildman–Crippen MR) is 103 cm³/mol. The van der Waals surface area contributed by atoms with Crippen LogP contribution in [0.4, 0.5) is 0 Å². The van der Waals surface area contributed by atoms with Crippen molar-refractivity contribution in [3.05, 3.63) is 78.8 Å². The average Bonchev–Trinajstić information content (AvgIpc) is 2.75. The third kappa shape index (κ3) is 4.14. The molecule has 3 aromatic rings. The van der Waals surface area contributed by atoms with Crippen molar-refractivity contribution in [2.45, 2.75) is 18.9 Å². The van der Waals surface area contributed by atoms with Crippen LogP contribution in [-0.4, -0.2) is 40.0 Å². The van der Waals surface area contributed by atoms with E-state index in [1.807, 2.05) is 47.4 Å². The van der Waals surface area contributed by atoms with E-state index in [0.29, 0.717) is 19.0 Å². The first-order chi connectivity index (χ1) is 13.3. The fourth-order valence-corrected chi connectivity index (χ4v) is 3.31. The molecule has 4 rings (SSSR count). The van der Waals surface area contributed by atoms with Crippen LogP contribution >= 0.6 is 0 Å². The highest BCUT2D eigenvalue weighted by Gasteiger charge is 2.25. The molecule has 2 heterocycles. The Morgan fingerprint density at radius 1 is 0.926 bits per heavy atom. The maximum absolute atomic E-state index is 12.8. The molecule has 0 saturated carbocycles. The van der Waals surface area contributed by atoms with E-state index in [1.165, 1.54) is 6.33 Å². The minimum absolute atomic E-state index is 0.0788. The highest BCUT2D eigenvalue weighted by atomic mass is 16.5. The Bertz CT molecular complexity index is 874. The molecule has 5 heteroatoms. The van der Waals surface area contributed by atoms with Gasteiger partial charge >= 0.3 is 0 Å². The average molecular weight is 359 g/mol. The number of benzene rings is 2. The standard InChI is InChI=1S/C22H21N3O2/c26-22(19-8-6-18(7-9-19)17-4-2-1-3-5-17)25-14-11-20(12-15-25)27-21-10-13-23-16-24-21/h1-10,13,16,20H,11-12,14-15H2. The Labute approximate surface area is 158 Å². The quantitative estimate of drug-likeness (QED) is 0.710. The van der Waals surface area contributed by atoms with E-state index < -0.39 is 0 Å². The van der Waals surface area contributed by atoms with Crippen LogP contribution in [0.15, 0.2) is 73.2 Å². The smallest absolute Gasteiger partial charge is 0.253 e. The Hall–Kier alpha value is -3.21. The highest BCUT2D eigenvalue weighted by molar-refractivity contribution is 5.94. The maximum atomic E-state index is 12.8. The second kappa shape index (κ2) is 7.99. The number of aromatic nitrogens is 2. The molecule has 0 spiro atoms. The summed E-state index contributed by atoms with van der Waals surface area (Å²) in [6, 6.07) is 19.8. The van der Waals surface area contributed by atoms with Crippen LogP contribution in [0.5, 0.6) is 5.88 Å². The second-order valence-electron chi connectivity index (χ2n) is 6.60. The number of likely N-dealkylation sites (tertiary alicyclic amines) is 1. The summed E-state index contributed by atoms with van der Waals surface area (Å²) in [4.78, 5) is 22.7. The summed E-state index contributed by atoms with van der Waals surface area (Å²) in [5, 5.41) is 0. The molecule has 1 saturated heterocycles. The molecule has 1 aliphatic rings. The van der Waals surface area contributed by atoms with Crippen molar-refractivity contribution in [1.29, 1.82) is 0 Å². The van der Waals surface area contributed by atoms with Gasteiger partial charge in [0.1, 0.15) is 12.4 Å². The molecule has 2 aromatic carbocycles. The van der Waals surface area contributed by atoms with Gasteiger partial charge in [-0.25, -0.2) is 9.97 Å². The molecule has 1 aromatic heterocycles. The maximum Gasteiger partial charge on any atom is 0.253 e. The summed E-state index contributed by atoms with van der Waals surface area (Å²) in [5.41, 5.74) is 2.99. The molecule has 0 atom stereocenters. The first-order valence-corrected chi connectivity index (χ1v) is 9.17. The van der Waals surface area contributed by atoms with Gasteiger partial charge in [-0.15, -0.1) is 0 Å². The van der Waals surface area contributed by atoms with Crippen molar-refractivity contribution in [3.8, 4) is 17.0 Å². The Morgan fingerprint density at radius 2 is 1.63 bits per heavy atom. The molecular weight excluding hydrogens is 338 g/mol. The molecule has 136 valence electrons. The van der Waals surface area contributed by atoms with Crippen LogP contribution in [-0.2, 0) is 0 Å². The number of hydrogen-bond acceptors (Lipinski definition) is 4. The molecular formula is C22H21N3O2. The van der Waals surface area contributed by atoms with Gasteiger partial charge in [-0.05, 0) is 23.3 Å². The van der Waals surface area contributed by atoms with E-state index in [4.69, 9.17) is 4.74 Å². The van der Waals surface area contributed by atoms with E-state index >= 15 is 0 Å². The van der Waals surface area contributed by atoms with Crippen LogP contribution in [0.2, 0.25) is 0 Å². The molecule has 0 unspecified atom stereocenters. The highest BCUT2D eigenvalue weighted by Crippen LogP contribution is 2.22. The molecule has 0 N–H and O–H groups in total. The molecule has 0 aliphatic carbocycles. The number of piperidine rings is 1. The third-order valence-electron chi connectivity index (χ3n) is 4.81. The van der Waals surface area contributed by atoms with Crippen LogP contribution in [0.3, 0.4) is 0 Å². The number of ether oxygens (including phenoxy) is 1. The van der Waals surface area contributed by atoms with Crippen molar-refractivity contribution < 1.29 is 9.53 Å². The SMILES string of the molecule is O=C(c1ccc(-c2ccccc2)cc1)N1CCC(Oc2ccncn2)CC1. The number of amides is 1. The molecule has 0 radical (unpaired) electrons. The summed E-state index contributed by atoms with van der Waals surface area (Å²) in [5.74, 6) is 0.668. The van der Waals surface area contributed by atoms with E-state index in [2.05, 4.69) is 22.1 Å². The topological polar surface area (TPSA) is 55.3 Å². The van der Waals surface area contributed by atoms with Gasteiger partial charge < -0.3 is 9.64 Å². The first kappa shape index (κ1) is 17.2. The minimum Gasteiger partial charge on any atom is -0.474 e. The fraction of sp³-hybridized carbons (Fsp3) is 0.227. The van der Waals surface area contributed by atoms with Gasteiger partial charge in [0.15, 0.2) is 0 Å². The number of hydrogen-bond donors (Lipinski definition) is 0. The molecule has 0 bridgehead atoms.